The van der Waals surface area contributed by atoms with Crippen LogP contribution in [-0.4, -0.2) is 42.9 Å². The Morgan fingerprint density at radius 3 is 2.43 bits per heavy atom. The van der Waals surface area contributed by atoms with Crippen LogP contribution in [-0.2, 0) is 14.8 Å². The molecule has 0 radical (unpaired) electrons. The highest BCUT2D eigenvalue weighted by Gasteiger charge is 2.34. The lowest BCUT2D eigenvalue weighted by molar-refractivity contribution is -0.122. The van der Waals surface area contributed by atoms with Gasteiger partial charge in [0.25, 0.3) is 0 Å². The molecule has 0 spiro atoms. The van der Waals surface area contributed by atoms with Crippen molar-refractivity contribution in [2.75, 3.05) is 13.1 Å². The number of nitrogens with zero attached hydrogens (tertiary/aromatic N) is 2. The molecule has 0 bridgehead atoms. The van der Waals surface area contributed by atoms with E-state index in [4.69, 9.17) is 4.52 Å². The van der Waals surface area contributed by atoms with E-state index in [1.54, 1.807) is 13.8 Å². The molecule has 2 heterocycles. The summed E-state index contributed by atoms with van der Waals surface area (Å²) in [5, 5.41) is 6.71. The van der Waals surface area contributed by atoms with Crippen LogP contribution in [0, 0.1) is 19.8 Å². The number of hydrogen-bond acceptors (Lipinski definition) is 5. The first-order valence-electron chi connectivity index (χ1n) is 7.94. The van der Waals surface area contributed by atoms with Gasteiger partial charge in [0, 0.05) is 25.6 Å². The lowest BCUT2D eigenvalue weighted by Gasteiger charge is -2.31. The maximum absolute atomic E-state index is 12.7. The average molecular weight is 343 g/mol. The molecule has 1 amide bonds. The van der Waals surface area contributed by atoms with Crippen LogP contribution in [0.5, 0.6) is 0 Å². The molecule has 130 valence electrons. The molecule has 1 aliphatic rings. The Morgan fingerprint density at radius 2 is 1.96 bits per heavy atom. The van der Waals surface area contributed by atoms with Crippen LogP contribution in [0.25, 0.3) is 0 Å². The second-order valence-corrected chi connectivity index (χ2v) is 8.37. The van der Waals surface area contributed by atoms with E-state index in [1.165, 1.54) is 4.31 Å². The second-order valence-electron chi connectivity index (χ2n) is 6.50. The SMILES string of the molecule is Cc1noc(C)c1S(=O)(=O)N1CCC(NC(=O)CC(C)C)CC1. The third-order valence-corrected chi connectivity index (χ3v) is 6.12. The van der Waals surface area contributed by atoms with Crippen molar-refractivity contribution in [1.29, 1.82) is 0 Å². The Labute approximate surface area is 137 Å². The minimum Gasteiger partial charge on any atom is -0.360 e. The van der Waals surface area contributed by atoms with Gasteiger partial charge >= 0.3 is 0 Å². The van der Waals surface area contributed by atoms with Crippen molar-refractivity contribution in [3.8, 4) is 0 Å². The molecule has 1 aliphatic heterocycles. The zero-order valence-corrected chi connectivity index (χ0v) is 14.9. The van der Waals surface area contributed by atoms with Gasteiger partial charge in [-0.1, -0.05) is 19.0 Å². The monoisotopic (exact) mass is 343 g/mol. The lowest BCUT2D eigenvalue weighted by atomic mass is 10.1. The largest absolute Gasteiger partial charge is 0.360 e. The highest BCUT2D eigenvalue weighted by Crippen LogP contribution is 2.25. The number of amides is 1. The second kappa shape index (κ2) is 7.00. The summed E-state index contributed by atoms with van der Waals surface area (Å²) in [7, 11) is -3.59. The predicted octanol–water partition coefficient (Wildman–Crippen LogP) is 1.61. The van der Waals surface area contributed by atoms with Crippen LogP contribution in [0.2, 0.25) is 0 Å². The summed E-state index contributed by atoms with van der Waals surface area (Å²) in [6, 6.07) is 0.0392. The number of carbonyl (C=O) groups excluding carboxylic acids is 1. The summed E-state index contributed by atoms with van der Waals surface area (Å²) in [6.07, 6.45) is 1.73. The minimum atomic E-state index is -3.59. The topological polar surface area (TPSA) is 92.5 Å². The van der Waals surface area contributed by atoms with E-state index in [0.29, 0.717) is 49.7 Å². The molecule has 7 nitrogen and oxygen atoms in total. The molecular weight excluding hydrogens is 318 g/mol. The highest BCUT2D eigenvalue weighted by molar-refractivity contribution is 7.89. The number of carbonyl (C=O) groups is 1. The Kier molecular flexibility index (Phi) is 5.46. The standard InChI is InChI=1S/C15H25N3O4S/c1-10(2)9-14(19)16-13-5-7-18(8-6-13)23(20,21)15-11(3)17-22-12(15)4/h10,13H,5-9H2,1-4H3,(H,16,19). The first-order valence-corrected chi connectivity index (χ1v) is 9.38. The van der Waals surface area contributed by atoms with Crippen LogP contribution in [0.1, 0.15) is 44.6 Å². The molecule has 0 unspecified atom stereocenters. The molecule has 1 aromatic rings. The van der Waals surface area contributed by atoms with Crippen LogP contribution in [0.15, 0.2) is 9.42 Å². The first-order chi connectivity index (χ1) is 10.7. The normalized spacial score (nSPS) is 17.6. The summed E-state index contributed by atoms with van der Waals surface area (Å²) in [6.45, 7) is 8.00. The van der Waals surface area contributed by atoms with E-state index in [9.17, 15) is 13.2 Å². The molecule has 0 aromatic carbocycles. The third-order valence-electron chi connectivity index (χ3n) is 3.98. The van der Waals surface area contributed by atoms with Gasteiger partial charge in [0.1, 0.15) is 10.6 Å². The van der Waals surface area contributed by atoms with E-state index in [2.05, 4.69) is 10.5 Å². The van der Waals surface area contributed by atoms with Crippen molar-refractivity contribution in [2.24, 2.45) is 5.92 Å². The maximum atomic E-state index is 12.7. The average Bonchev–Trinajstić information content (AvgIpc) is 2.78. The molecule has 1 N–H and O–H groups in total. The number of aryl methyl sites for hydroxylation is 2. The Balaban J connectivity index is 1.98. The zero-order chi connectivity index (χ0) is 17.2. The smallest absolute Gasteiger partial charge is 0.248 e. The van der Waals surface area contributed by atoms with Crippen molar-refractivity contribution in [3.05, 3.63) is 11.5 Å². The van der Waals surface area contributed by atoms with E-state index in [-0.39, 0.29) is 16.8 Å². The summed E-state index contributed by atoms with van der Waals surface area (Å²) >= 11 is 0. The van der Waals surface area contributed by atoms with Gasteiger partial charge in [-0.2, -0.15) is 4.31 Å². The quantitative estimate of drug-likeness (QED) is 0.877. The van der Waals surface area contributed by atoms with Crippen molar-refractivity contribution < 1.29 is 17.7 Å². The van der Waals surface area contributed by atoms with E-state index in [0.717, 1.165) is 0 Å². The predicted molar refractivity (Wildman–Crippen MR) is 85.4 cm³/mol. The number of hydrogen-bond donors (Lipinski definition) is 1. The molecule has 23 heavy (non-hydrogen) atoms. The number of sulfonamides is 1. The van der Waals surface area contributed by atoms with Gasteiger partial charge in [0.05, 0.1) is 0 Å². The van der Waals surface area contributed by atoms with Crippen molar-refractivity contribution in [3.63, 3.8) is 0 Å². The number of rotatable bonds is 5. The summed E-state index contributed by atoms with van der Waals surface area (Å²) in [5.41, 5.74) is 0.384. The number of piperidine rings is 1. The van der Waals surface area contributed by atoms with Crippen molar-refractivity contribution >= 4 is 15.9 Å². The fourth-order valence-electron chi connectivity index (χ4n) is 2.87. The molecular formula is C15H25N3O4S. The Hall–Kier alpha value is -1.41. The highest BCUT2D eigenvalue weighted by atomic mass is 32.2. The maximum Gasteiger partial charge on any atom is 0.248 e. The van der Waals surface area contributed by atoms with Crippen LogP contribution < -0.4 is 5.32 Å². The molecule has 1 fully saturated rings. The molecule has 0 aliphatic carbocycles. The van der Waals surface area contributed by atoms with Crippen LogP contribution in [0.4, 0.5) is 0 Å². The first kappa shape index (κ1) is 17.9. The van der Waals surface area contributed by atoms with Gasteiger partial charge in [0.2, 0.25) is 15.9 Å². The van der Waals surface area contributed by atoms with Crippen molar-refractivity contribution in [2.45, 2.75) is 57.9 Å². The van der Waals surface area contributed by atoms with E-state index < -0.39 is 10.0 Å². The molecule has 1 saturated heterocycles. The number of aromatic nitrogens is 1. The summed E-state index contributed by atoms with van der Waals surface area (Å²) < 4.78 is 31.8. The minimum absolute atomic E-state index is 0.0343. The Bertz CT molecular complexity index is 639. The van der Waals surface area contributed by atoms with Crippen molar-refractivity contribution in [1.82, 2.24) is 14.8 Å². The van der Waals surface area contributed by atoms with Crippen LogP contribution >= 0.6 is 0 Å². The van der Waals surface area contributed by atoms with E-state index >= 15 is 0 Å². The molecule has 1 aromatic heterocycles. The van der Waals surface area contributed by atoms with Gasteiger partial charge < -0.3 is 9.84 Å². The molecule has 0 saturated carbocycles. The van der Waals surface area contributed by atoms with Gasteiger partial charge in [-0.3, -0.25) is 4.79 Å². The van der Waals surface area contributed by atoms with E-state index in [1.807, 2.05) is 13.8 Å². The van der Waals surface area contributed by atoms with Gasteiger partial charge in [0.15, 0.2) is 5.76 Å². The fraction of sp³-hybridized carbons (Fsp3) is 0.733. The molecule has 2 rings (SSSR count). The summed E-state index contributed by atoms with van der Waals surface area (Å²) in [4.78, 5) is 12.0. The zero-order valence-electron chi connectivity index (χ0n) is 14.1. The third kappa shape index (κ3) is 4.11. The van der Waals surface area contributed by atoms with Gasteiger partial charge in [-0.05, 0) is 32.6 Å². The van der Waals surface area contributed by atoms with Crippen LogP contribution in [0.3, 0.4) is 0 Å². The lowest BCUT2D eigenvalue weighted by Crippen LogP contribution is -2.46. The number of nitrogens with one attached hydrogen (secondary N) is 1. The molecule has 8 heteroatoms. The molecule has 0 atom stereocenters. The van der Waals surface area contributed by atoms with Gasteiger partial charge in [-0.15, -0.1) is 0 Å². The van der Waals surface area contributed by atoms with Gasteiger partial charge in [-0.25, -0.2) is 8.42 Å². The Morgan fingerprint density at radius 1 is 1.35 bits per heavy atom. The summed E-state index contributed by atoms with van der Waals surface area (Å²) in [5.74, 6) is 0.664. The fourth-order valence-corrected chi connectivity index (χ4v) is 4.63.